The van der Waals surface area contributed by atoms with E-state index in [4.69, 9.17) is 4.74 Å². The Morgan fingerprint density at radius 3 is 2.70 bits per heavy atom. The van der Waals surface area contributed by atoms with Gasteiger partial charge in [0.2, 0.25) is 0 Å². The highest BCUT2D eigenvalue weighted by atomic mass is 16.6. The van der Waals surface area contributed by atoms with E-state index in [9.17, 15) is 14.4 Å². The quantitative estimate of drug-likeness (QED) is 0.696. The van der Waals surface area contributed by atoms with Gasteiger partial charge < -0.3 is 9.47 Å². The van der Waals surface area contributed by atoms with Crippen LogP contribution in [0.5, 0.6) is 0 Å². The molecule has 0 spiro atoms. The number of fused-ring (bicyclic) bond motifs is 1. The third-order valence-corrected chi connectivity index (χ3v) is 3.33. The van der Waals surface area contributed by atoms with Crippen LogP contribution >= 0.6 is 0 Å². The summed E-state index contributed by atoms with van der Waals surface area (Å²) in [5, 5.41) is 2.57. The van der Waals surface area contributed by atoms with E-state index in [1.54, 1.807) is 12.1 Å². The van der Waals surface area contributed by atoms with Gasteiger partial charge in [0, 0.05) is 5.69 Å². The van der Waals surface area contributed by atoms with Gasteiger partial charge in [0.1, 0.15) is 6.61 Å². The summed E-state index contributed by atoms with van der Waals surface area (Å²) >= 11 is 0. The van der Waals surface area contributed by atoms with Crippen molar-refractivity contribution in [2.75, 3.05) is 5.32 Å². The number of hydrogen-bond donors (Lipinski definition) is 1. The molecule has 3 rings (SSSR count). The summed E-state index contributed by atoms with van der Waals surface area (Å²) in [6, 6.07) is 13.9. The second-order valence-corrected chi connectivity index (χ2v) is 5.00. The summed E-state index contributed by atoms with van der Waals surface area (Å²) in [6.07, 6.45) is -0.617. The van der Waals surface area contributed by atoms with Gasteiger partial charge in [-0.3, -0.25) is 10.1 Å². The predicted octanol–water partition coefficient (Wildman–Crippen LogP) is 2.67. The van der Waals surface area contributed by atoms with Gasteiger partial charge >= 0.3 is 18.0 Å². The zero-order valence-electron chi connectivity index (χ0n) is 12.1. The summed E-state index contributed by atoms with van der Waals surface area (Å²) in [5.41, 5.74) is 2.17. The van der Waals surface area contributed by atoms with Crippen LogP contribution in [-0.2, 0) is 27.3 Å². The van der Waals surface area contributed by atoms with Crippen LogP contribution in [0.3, 0.4) is 0 Å². The first-order valence-electron chi connectivity index (χ1n) is 6.97. The first-order valence-corrected chi connectivity index (χ1v) is 6.97. The van der Waals surface area contributed by atoms with Gasteiger partial charge in [-0.1, -0.05) is 30.3 Å². The van der Waals surface area contributed by atoms with Crippen molar-refractivity contribution in [3.05, 3.63) is 65.2 Å². The molecule has 0 unspecified atom stereocenters. The fourth-order valence-electron chi connectivity index (χ4n) is 2.24. The largest absolute Gasteiger partial charge is 0.444 e. The van der Waals surface area contributed by atoms with E-state index < -0.39 is 18.0 Å². The Hall–Kier alpha value is -3.15. The molecule has 1 N–H and O–H groups in total. The Bertz CT molecular complexity index is 770. The highest BCUT2D eigenvalue weighted by Crippen LogP contribution is 2.21. The first-order chi connectivity index (χ1) is 11.1. The highest BCUT2D eigenvalue weighted by Gasteiger charge is 2.24. The molecule has 23 heavy (non-hydrogen) atoms. The molecule has 1 amide bonds. The van der Waals surface area contributed by atoms with Crippen LogP contribution in [0.25, 0.3) is 0 Å². The summed E-state index contributed by atoms with van der Waals surface area (Å²) in [4.78, 5) is 34.6. The molecule has 0 aromatic heterocycles. The van der Waals surface area contributed by atoms with Gasteiger partial charge in [0.15, 0.2) is 0 Å². The van der Waals surface area contributed by atoms with Crippen LogP contribution < -0.4 is 5.32 Å². The Balaban J connectivity index is 1.64. The number of carbonyl (C=O) groups is 3. The molecule has 0 aliphatic carbocycles. The first kappa shape index (κ1) is 14.8. The lowest BCUT2D eigenvalue weighted by Crippen LogP contribution is -2.23. The molecule has 1 aliphatic heterocycles. The molecular weight excluding hydrogens is 298 g/mol. The van der Waals surface area contributed by atoms with Crippen LogP contribution in [0.2, 0.25) is 0 Å². The zero-order valence-corrected chi connectivity index (χ0v) is 12.1. The number of benzene rings is 2. The van der Waals surface area contributed by atoms with Gasteiger partial charge in [-0.15, -0.1) is 0 Å². The third kappa shape index (κ3) is 3.55. The molecule has 0 saturated heterocycles. The number of esters is 2. The Morgan fingerprint density at radius 1 is 1.13 bits per heavy atom. The number of cyclic esters (lactones) is 2. The highest BCUT2D eigenvalue weighted by molar-refractivity contribution is 6.03. The minimum Gasteiger partial charge on any atom is -0.444 e. The molecule has 1 heterocycles. The molecule has 116 valence electrons. The van der Waals surface area contributed by atoms with Crippen LogP contribution in [-0.4, -0.2) is 18.0 Å². The number of rotatable bonds is 3. The smallest absolute Gasteiger partial charge is 0.411 e. The topological polar surface area (TPSA) is 81.7 Å². The number of nitrogens with one attached hydrogen (secondary N) is 1. The molecule has 6 nitrogen and oxygen atoms in total. The van der Waals surface area contributed by atoms with E-state index in [2.05, 4.69) is 10.1 Å². The SMILES string of the molecule is O=C1Cc2cc(NC(=O)OCc3ccccc3)ccc2C(=O)O1. The summed E-state index contributed by atoms with van der Waals surface area (Å²) in [6.45, 7) is 0.155. The van der Waals surface area contributed by atoms with Crippen molar-refractivity contribution < 1.29 is 23.9 Å². The van der Waals surface area contributed by atoms with Crippen molar-refractivity contribution in [2.45, 2.75) is 13.0 Å². The minimum absolute atomic E-state index is 0.00431. The fraction of sp³-hybridized carbons (Fsp3) is 0.118. The van der Waals surface area contributed by atoms with Crippen molar-refractivity contribution in [3.8, 4) is 0 Å². The summed E-state index contributed by atoms with van der Waals surface area (Å²) < 4.78 is 9.64. The van der Waals surface area contributed by atoms with Crippen LogP contribution in [0, 0.1) is 0 Å². The number of anilines is 1. The molecule has 2 aromatic rings. The lowest BCUT2D eigenvalue weighted by Gasteiger charge is -2.15. The van der Waals surface area contributed by atoms with Gasteiger partial charge in [-0.2, -0.15) is 0 Å². The third-order valence-electron chi connectivity index (χ3n) is 3.33. The van der Waals surface area contributed by atoms with E-state index in [1.165, 1.54) is 6.07 Å². The molecule has 0 bridgehead atoms. The second-order valence-electron chi connectivity index (χ2n) is 5.00. The lowest BCUT2D eigenvalue weighted by molar-refractivity contribution is -0.137. The second kappa shape index (κ2) is 6.31. The maximum atomic E-state index is 11.8. The standard InChI is InChI=1S/C17H13NO5/c19-15-9-12-8-13(6-7-14(12)16(20)23-15)18-17(21)22-10-11-4-2-1-3-5-11/h1-8H,9-10H2,(H,18,21). The molecule has 1 aliphatic rings. The van der Waals surface area contributed by atoms with Crippen molar-refractivity contribution >= 4 is 23.7 Å². The van der Waals surface area contributed by atoms with Crippen LogP contribution in [0.4, 0.5) is 10.5 Å². The van der Waals surface area contributed by atoms with E-state index >= 15 is 0 Å². The van der Waals surface area contributed by atoms with Gasteiger partial charge in [-0.25, -0.2) is 9.59 Å². The fourth-order valence-corrected chi connectivity index (χ4v) is 2.24. The summed E-state index contributed by atoms with van der Waals surface area (Å²) in [5.74, 6) is -1.28. The molecular formula is C17H13NO5. The molecule has 2 aromatic carbocycles. The van der Waals surface area contributed by atoms with Crippen molar-refractivity contribution in [1.29, 1.82) is 0 Å². The van der Waals surface area contributed by atoms with Crippen molar-refractivity contribution in [2.24, 2.45) is 0 Å². The monoisotopic (exact) mass is 311 g/mol. The van der Waals surface area contributed by atoms with Crippen molar-refractivity contribution in [1.82, 2.24) is 0 Å². The molecule has 6 heteroatoms. The summed E-state index contributed by atoms with van der Waals surface area (Å²) in [7, 11) is 0. The predicted molar refractivity (Wildman–Crippen MR) is 80.8 cm³/mol. The minimum atomic E-state index is -0.672. The number of hydrogen-bond acceptors (Lipinski definition) is 5. The normalized spacial score (nSPS) is 13.0. The van der Waals surface area contributed by atoms with E-state index in [0.717, 1.165) is 5.56 Å². The van der Waals surface area contributed by atoms with Gasteiger partial charge in [0.25, 0.3) is 0 Å². The van der Waals surface area contributed by atoms with Gasteiger partial charge in [0.05, 0.1) is 12.0 Å². The van der Waals surface area contributed by atoms with Gasteiger partial charge in [-0.05, 0) is 29.3 Å². The molecule has 0 saturated carbocycles. The number of carbonyl (C=O) groups excluding carboxylic acids is 3. The molecule has 0 atom stereocenters. The maximum Gasteiger partial charge on any atom is 0.411 e. The zero-order chi connectivity index (χ0) is 16.2. The van der Waals surface area contributed by atoms with Crippen molar-refractivity contribution in [3.63, 3.8) is 0 Å². The van der Waals surface area contributed by atoms with E-state index in [0.29, 0.717) is 16.8 Å². The Kier molecular flexibility index (Phi) is 4.05. The average Bonchev–Trinajstić information content (AvgIpc) is 2.53. The van der Waals surface area contributed by atoms with E-state index in [1.807, 2.05) is 30.3 Å². The number of ether oxygens (including phenoxy) is 2. The van der Waals surface area contributed by atoms with Crippen LogP contribution in [0.1, 0.15) is 21.5 Å². The molecule has 0 radical (unpaired) electrons. The van der Waals surface area contributed by atoms with E-state index in [-0.39, 0.29) is 13.0 Å². The lowest BCUT2D eigenvalue weighted by atomic mass is 10.0. The molecule has 0 fully saturated rings. The number of amides is 1. The Morgan fingerprint density at radius 2 is 1.91 bits per heavy atom. The maximum absolute atomic E-state index is 11.8. The van der Waals surface area contributed by atoms with Crippen LogP contribution in [0.15, 0.2) is 48.5 Å². The Labute approximate surface area is 132 Å². The average molecular weight is 311 g/mol.